The van der Waals surface area contributed by atoms with Crippen molar-refractivity contribution < 1.29 is 0 Å². The molecule has 0 saturated heterocycles. The molecule has 72 valence electrons. The van der Waals surface area contributed by atoms with Gasteiger partial charge in [0, 0.05) is 5.02 Å². The SMILES string of the molecule is CCCc1cc(Cl)ccc1CCN. The van der Waals surface area contributed by atoms with Crippen LogP contribution in [0, 0.1) is 0 Å². The lowest BCUT2D eigenvalue weighted by Gasteiger charge is -2.07. The number of hydrogen-bond acceptors (Lipinski definition) is 1. The van der Waals surface area contributed by atoms with Crippen LogP contribution in [-0.4, -0.2) is 6.54 Å². The van der Waals surface area contributed by atoms with Crippen molar-refractivity contribution in [3.05, 3.63) is 34.3 Å². The van der Waals surface area contributed by atoms with Crippen LogP contribution < -0.4 is 5.73 Å². The smallest absolute Gasteiger partial charge is 0.0408 e. The summed E-state index contributed by atoms with van der Waals surface area (Å²) < 4.78 is 0. The maximum absolute atomic E-state index is 5.92. The molecule has 0 unspecified atom stereocenters. The zero-order valence-electron chi connectivity index (χ0n) is 8.02. The maximum atomic E-state index is 5.92. The molecule has 0 atom stereocenters. The van der Waals surface area contributed by atoms with Gasteiger partial charge in [0.1, 0.15) is 0 Å². The highest BCUT2D eigenvalue weighted by Crippen LogP contribution is 2.17. The Bertz CT molecular complexity index is 271. The Morgan fingerprint density at radius 1 is 1.23 bits per heavy atom. The largest absolute Gasteiger partial charge is 0.330 e. The zero-order valence-corrected chi connectivity index (χ0v) is 8.77. The highest BCUT2D eigenvalue weighted by molar-refractivity contribution is 6.30. The van der Waals surface area contributed by atoms with Crippen molar-refractivity contribution in [2.45, 2.75) is 26.2 Å². The Hall–Kier alpha value is -0.530. The fourth-order valence-electron chi connectivity index (χ4n) is 1.50. The average Bonchev–Trinajstić information content (AvgIpc) is 2.10. The molecule has 1 aromatic carbocycles. The Balaban J connectivity index is 2.89. The van der Waals surface area contributed by atoms with E-state index < -0.39 is 0 Å². The molecule has 0 heterocycles. The van der Waals surface area contributed by atoms with Crippen molar-refractivity contribution >= 4 is 11.6 Å². The van der Waals surface area contributed by atoms with Gasteiger partial charge < -0.3 is 5.73 Å². The first-order valence-electron chi connectivity index (χ1n) is 4.75. The third-order valence-corrected chi connectivity index (χ3v) is 2.34. The highest BCUT2D eigenvalue weighted by atomic mass is 35.5. The Labute approximate surface area is 84.9 Å². The summed E-state index contributed by atoms with van der Waals surface area (Å²) >= 11 is 5.92. The number of aryl methyl sites for hydroxylation is 1. The molecular formula is C11H16ClN. The third-order valence-electron chi connectivity index (χ3n) is 2.10. The van der Waals surface area contributed by atoms with Gasteiger partial charge in [-0.15, -0.1) is 0 Å². The summed E-state index contributed by atoms with van der Waals surface area (Å²) in [6, 6.07) is 6.07. The van der Waals surface area contributed by atoms with Gasteiger partial charge in [0.2, 0.25) is 0 Å². The minimum absolute atomic E-state index is 0.707. The monoisotopic (exact) mass is 197 g/mol. The van der Waals surface area contributed by atoms with Crippen LogP contribution >= 0.6 is 11.6 Å². The van der Waals surface area contributed by atoms with E-state index in [-0.39, 0.29) is 0 Å². The number of rotatable bonds is 4. The molecule has 0 aliphatic rings. The molecule has 0 bridgehead atoms. The fraction of sp³-hybridized carbons (Fsp3) is 0.455. The van der Waals surface area contributed by atoms with E-state index in [2.05, 4.69) is 19.1 Å². The van der Waals surface area contributed by atoms with Crippen LogP contribution in [0.15, 0.2) is 18.2 Å². The maximum Gasteiger partial charge on any atom is 0.0408 e. The number of nitrogens with two attached hydrogens (primary N) is 1. The molecule has 0 aliphatic heterocycles. The van der Waals surface area contributed by atoms with Gasteiger partial charge in [-0.05, 0) is 42.6 Å². The van der Waals surface area contributed by atoms with Crippen molar-refractivity contribution in [3.8, 4) is 0 Å². The molecule has 0 aliphatic carbocycles. The van der Waals surface area contributed by atoms with Gasteiger partial charge in [-0.25, -0.2) is 0 Å². The van der Waals surface area contributed by atoms with Crippen molar-refractivity contribution in [2.24, 2.45) is 5.73 Å². The molecular weight excluding hydrogens is 182 g/mol. The van der Waals surface area contributed by atoms with E-state index in [0.717, 1.165) is 24.3 Å². The predicted molar refractivity (Wildman–Crippen MR) is 58.2 cm³/mol. The second kappa shape index (κ2) is 5.25. The van der Waals surface area contributed by atoms with Gasteiger partial charge in [-0.2, -0.15) is 0 Å². The standard InChI is InChI=1S/C11H16ClN/c1-2-3-10-8-11(12)5-4-9(10)6-7-13/h4-5,8H,2-3,6-7,13H2,1H3. The van der Waals surface area contributed by atoms with Crippen LogP contribution in [0.2, 0.25) is 5.02 Å². The summed E-state index contributed by atoms with van der Waals surface area (Å²) in [5.41, 5.74) is 8.22. The summed E-state index contributed by atoms with van der Waals surface area (Å²) in [5, 5.41) is 0.823. The molecule has 1 aromatic rings. The second-order valence-corrected chi connectivity index (χ2v) is 3.64. The summed E-state index contributed by atoms with van der Waals surface area (Å²) in [4.78, 5) is 0. The molecule has 0 amide bonds. The molecule has 0 aromatic heterocycles. The van der Waals surface area contributed by atoms with Gasteiger partial charge in [0.05, 0.1) is 0 Å². The van der Waals surface area contributed by atoms with Crippen molar-refractivity contribution in [1.29, 1.82) is 0 Å². The van der Waals surface area contributed by atoms with Gasteiger partial charge >= 0.3 is 0 Å². The molecule has 0 radical (unpaired) electrons. The van der Waals surface area contributed by atoms with Gasteiger partial charge in [0.25, 0.3) is 0 Å². The van der Waals surface area contributed by atoms with Gasteiger partial charge in [-0.1, -0.05) is 31.0 Å². The first-order valence-corrected chi connectivity index (χ1v) is 5.13. The van der Waals surface area contributed by atoms with Crippen molar-refractivity contribution in [1.82, 2.24) is 0 Å². The lowest BCUT2D eigenvalue weighted by molar-refractivity contribution is 0.879. The minimum Gasteiger partial charge on any atom is -0.330 e. The molecule has 2 N–H and O–H groups in total. The second-order valence-electron chi connectivity index (χ2n) is 3.20. The summed E-state index contributed by atoms with van der Waals surface area (Å²) in [6.07, 6.45) is 3.19. The van der Waals surface area contributed by atoms with E-state index >= 15 is 0 Å². The molecule has 2 heteroatoms. The number of benzene rings is 1. The highest BCUT2D eigenvalue weighted by Gasteiger charge is 2.01. The molecule has 0 spiro atoms. The van der Waals surface area contributed by atoms with Crippen LogP contribution in [0.4, 0.5) is 0 Å². The van der Waals surface area contributed by atoms with Crippen molar-refractivity contribution in [2.75, 3.05) is 6.54 Å². The number of hydrogen-bond donors (Lipinski definition) is 1. The average molecular weight is 198 g/mol. The molecule has 13 heavy (non-hydrogen) atoms. The van der Waals surface area contributed by atoms with Gasteiger partial charge in [0.15, 0.2) is 0 Å². The lowest BCUT2D eigenvalue weighted by atomic mass is 10.0. The summed E-state index contributed by atoms with van der Waals surface area (Å²) in [5.74, 6) is 0. The lowest BCUT2D eigenvalue weighted by Crippen LogP contribution is -2.05. The third kappa shape index (κ3) is 3.02. The van der Waals surface area contributed by atoms with Crippen LogP contribution in [0.5, 0.6) is 0 Å². The van der Waals surface area contributed by atoms with Gasteiger partial charge in [-0.3, -0.25) is 0 Å². The van der Waals surface area contributed by atoms with E-state index in [1.807, 2.05) is 6.07 Å². The molecule has 1 nitrogen and oxygen atoms in total. The zero-order chi connectivity index (χ0) is 9.68. The van der Waals surface area contributed by atoms with E-state index in [1.54, 1.807) is 0 Å². The minimum atomic E-state index is 0.707. The summed E-state index contributed by atoms with van der Waals surface area (Å²) in [6.45, 7) is 2.88. The van der Waals surface area contributed by atoms with Crippen LogP contribution in [0.1, 0.15) is 24.5 Å². The first kappa shape index (κ1) is 10.6. The van der Waals surface area contributed by atoms with Crippen LogP contribution in [0.3, 0.4) is 0 Å². The number of halogens is 1. The van der Waals surface area contributed by atoms with Crippen molar-refractivity contribution in [3.63, 3.8) is 0 Å². The molecule has 0 fully saturated rings. The quantitative estimate of drug-likeness (QED) is 0.790. The van der Waals surface area contributed by atoms with E-state index in [9.17, 15) is 0 Å². The normalized spacial score (nSPS) is 10.4. The first-order chi connectivity index (χ1) is 6.27. The Kier molecular flexibility index (Phi) is 4.26. The van der Waals surface area contributed by atoms with E-state index in [0.29, 0.717) is 6.54 Å². The van der Waals surface area contributed by atoms with E-state index in [4.69, 9.17) is 17.3 Å². The Morgan fingerprint density at radius 3 is 2.62 bits per heavy atom. The summed E-state index contributed by atoms with van der Waals surface area (Å²) in [7, 11) is 0. The fourth-order valence-corrected chi connectivity index (χ4v) is 1.69. The van der Waals surface area contributed by atoms with Crippen LogP contribution in [0.25, 0.3) is 0 Å². The molecule has 0 saturated carbocycles. The van der Waals surface area contributed by atoms with Crippen LogP contribution in [-0.2, 0) is 12.8 Å². The molecule has 1 rings (SSSR count). The Morgan fingerprint density at radius 2 is 2.00 bits per heavy atom. The topological polar surface area (TPSA) is 26.0 Å². The predicted octanol–water partition coefficient (Wildman–Crippen LogP) is 2.79. The van der Waals surface area contributed by atoms with E-state index in [1.165, 1.54) is 11.1 Å².